The van der Waals surface area contributed by atoms with E-state index in [4.69, 9.17) is 10.8 Å². The van der Waals surface area contributed by atoms with Crippen molar-refractivity contribution in [1.29, 1.82) is 0 Å². The predicted molar refractivity (Wildman–Crippen MR) is 71.8 cm³/mol. The summed E-state index contributed by atoms with van der Waals surface area (Å²) in [5.41, 5.74) is 5.61. The van der Waals surface area contributed by atoms with Crippen LogP contribution < -0.4 is 11.1 Å². The third-order valence-electron chi connectivity index (χ3n) is 3.33. The molecule has 1 fully saturated rings. The monoisotopic (exact) mass is 272 g/mol. The van der Waals surface area contributed by atoms with Gasteiger partial charge in [0.2, 0.25) is 5.91 Å². The van der Waals surface area contributed by atoms with Gasteiger partial charge in [-0.05, 0) is 13.5 Å². The summed E-state index contributed by atoms with van der Waals surface area (Å²) in [6.45, 7) is 5.49. The molecule has 1 aliphatic rings. The topological polar surface area (TPSA) is 98.9 Å². The van der Waals surface area contributed by atoms with Gasteiger partial charge < -0.3 is 21.1 Å². The minimum absolute atomic E-state index is 0.0763. The van der Waals surface area contributed by atoms with E-state index in [0.29, 0.717) is 6.54 Å². The minimum Gasteiger partial charge on any atom is -0.481 e. The first-order chi connectivity index (χ1) is 8.99. The van der Waals surface area contributed by atoms with E-state index >= 15 is 0 Å². The Morgan fingerprint density at radius 1 is 1.32 bits per heavy atom. The van der Waals surface area contributed by atoms with Crippen LogP contribution >= 0.6 is 0 Å². The molecule has 1 rings (SSSR count). The molecule has 0 radical (unpaired) electrons. The van der Waals surface area contributed by atoms with Crippen LogP contribution in [0.15, 0.2) is 0 Å². The number of hydrogen-bond acceptors (Lipinski definition) is 5. The molecule has 0 aromatic carbocycles. The fraction of sp³-hybridized carbons (Fsp3) is 0.833. The number of carboxylic acids is 1. The molecule has 0 aromatic rings. The molecule has 0 bridgehead atoms. The first kappa shape index (κ1) is 15.9. The van der Waals surface area contributed by atoms with Crippen molar-refractivity contribution in [2.24, 2.45) is 5.73 Å². The lowest BCUT2D eigenvalue weighted by Gasteiger charge is -2.32. The van der Waals surface area contributed by atoms with Crippen molar-refractivity contribution < 1.29 is 14.7 Å². The maximum atomic E-state index is 11.6. The van der Waals surface area contributed by atoms with E-state index < -0.39 is 12.0 Å². The molecule has 0 aliphatic carbocycles. The van der Waals surface area contributed by atoms with Gasteiger partial charge in [-0.1, -0.05) is 0 Å². The van der Waals surface area contributed by atoms with Gasteiger partial charge in [0, 0.05) is 45.7 Å². The number of nitrogens with zero attached hydrogens (tertiary/aromatic N) is 2. The first-order valence-electron chi connectivity index (χ1n) is 6.65. The Kier molecular flexibility index (Phi) is 6.75. The Bertz CT molecular complexity index is 303. The van der Waals surface area contributed by atoms with Crippen LogP contribution in [0.1, 0.15) is 12.8 Å². The number of hydrogen-bond donors (Lipinski definition) is 3. The molecule has 1 heterocycles. The second-order valence-corrected chi connectivity index (χ2v) is 4.97. The van der Waals surface area contributed by atoms with E-state index in [1.54, 1.807) is 0 Å². The van der Waals surface area contributed by atoms with Crippen molar-refractivity contribution in [1.82, 2.24) is 15.1 Å². The van der Waals surface area contributed by atoms with Crippen LogP contribution in [0.2, 0.25) is 0 Å². The van der Waals surface area contributed by atoms with Gasteiger partial charge in [0.15, 0.2) is 0 Å². The summed E-state index contributed by atoms with van der Waals surface area (Å²) in [6.07, 6.45) is 0.0999. The highest BCUT2D eigenvalue weighted by Crippen LogP contribution is 1.98. The fourth-order valence-electron chi connectivity index (χ4n) is 1.95. The Morgan fingerprint density at radius 2 is 1.95 bits per heavy atom. The highest BCUT2D eigenvalue weighted by Gasteiger charge is 2.16. The molecule has 1 atom stereocenters. The number of likely N-dealkylation sites (N-methyl/N-ethyl adjacent to an activating group) is 1. The molecule has 1 amide bonds. The smallest absolute Gasteiger partial charge is 0.303 e. The molecule has 19 heavy (non-hydrogen) atoms. The van der Waals surface area contributed by atoms with Gasteiger partial charge in [-0.15, -0.1) is 0 Å². The van der Waals surface area contributed by atoms with Gasteiger partial charge in [-0.2, -0.15) is 0 Å². The van der Waals surface area contributed by atoms with Gasteiger partial charge >= 0.3 is 5.97 Å². The van der Waals surface area contributed by atoms with Crippen molar-refractivity contribution in [2.75, 3.05) is 46.3 Å². The highest BCUT2D eigenvalue weighted by molar-refractivity contribution is 5.82. The molecule has 1 unspecified atom stereocenters. The molecule has 7 heteroatoms. The summed E-state index contributed by atoms with van der Waals surface area (Å²) in [6, 6.07) is -0.733. The number of amides is 1. The average molecular weight is 272 g/mol. The second-order valence-electron chi connectivity index (χ2n) is 4.97. The molecule has 7 nitrogen and oxygen atoms in total. The van der Waals surface area contributed by atoms with Gasteiger partial charge in [-0.3, -0.25) is 14.5 Å². The van der Waals surface area contributed by atoms with Gasteiger partial charge in [0.1, 0.15) is 0 Å². The summed E-state index contributed by atoms with van der Waals surface area (Å²) in [4.78, 5) is 26.5. The normalized spacial score (nSPS) is 19.1. The predicted octanol–water partition coefficient (Wildman–Crippen LogP) is -1.46. The summed E-state index contributed by atoms with van der Waals surface area (Å²) in [5, 5.41) is 11.3. The Hall–Kier alpha value is -1.18. The zero-order chi connectivity index (χ0) is 14.3. The molecule has 1 aliphatic heterocycles. The van der Waals surface area contributed by atoms with Gasteiger partial charge in [0.25, 0.3) is 0 Å². The lowest BCUT2D eigenvalue weighted by atomic mass is 10.1. The van der Waals surface area contributed by atoms with E-state index in [-0.39, 0.29) is 18.7 Å². The van der Waals surface area contributed by atoms with Crippen molar-refractivity contribution in [3.05, 3.63) is 0 Å². The van der Waals surface area contributed by atoms with Gasteiger partial charge in [0.05, 0.1) is 6.04 Å². The van der Waals surface area contributed by atoms with Crippen molar-refractivity contribution in [3.63, 3.8) is 0 Å². The zero-order valence-electron chi connectivity index (χ0n) is 11.5. The highest BCUT2D eigenvalue weighted by atomic mass is 16.4. The number of rotatable bonds is 7. The Labute approximate surface area is 113 Å². The summed E-state index contributed by atoms with van der Waals surface area (Å²) >= 11 is 0. The molecule has 0 saturated carbocycles. The third-order valence-corrected chi connectivity index (χ3v) is 3.33. The van der Waals surface area contributed by atoms with Crippen LogP contribution in [0.4, 0.5) is 0 Å². The van der Waals surface area contributed by atoms with Crippen LogP contribution in [0, 0.1) is 0 Å². The fourth-order valence-corrected chi connectivity index (χ4v) is 1.95. The lowest BCUT2D eigenvalue weighted by Crippen LogP contribution is -2.48. The number of piperazine rings is 1. The van der Waals surface area contributed by atoms with Crippen LogP contribution in [-0.4, -0.2) is 79.1 Å². The molecular weight excluding hydrogens is 248 g/mol. The van der Waals surface area contributed by atoms with Crippen molar-refractivity contribution in [3.8, 4) is 0 Å². The maximum Gasteiger partial charge on any atom is 0.303 e. The molecule has 1 saturated heterocycles. The van der Waals surface area contributed by atoms with Crippen molar-refractivity contribution >= 4 is 11.9 Å². The standard InChI is InChI=1S/C12H24N4O3/c1-15-6-8-16(9-7-15)5-4-14-12(19)10(13)2-3-11(17)18/h10H,2-9,13H2,1H3,(H,14,19)(H,17,18). The van der Waals surface area contributed by atoms with Crippen LogP contribution in [0.25, 0.3) is 0 Å². The third kappa shape index (κ3) is 6.51. The largest absolute Gasteiger partial charge is 0.481 e. The van der Waals surface area contributed by atoms with E-state index in [0.717, 1.165) is 32.7 Å². The molecule has 0 spiro atoms. The number of carbonyl (C=O) groups excluding carboxylic acids is 1. The first-order valence-corrected chi connectivity index (χ1v) is 6.65. The quantitative estimate of drug-likeness (QED) is 0.524. The van der Waals surface area contributed by atoms with Crippen LogP contribution in [0.3, 0.4) is 0 Å². The number of nitrogens with one attached hydrogen (secondary N) is 1. The average Bonchev–Trinajstić information content (AvgIpc) is 2.38. The van der Waals surface area contributed by atoms with E-state index in [1.807, 2.05) is 0 Å². The lowest BCUT2D eigenvalue weighted by molar-refractivity contribution is -0.137. The van der Waals surface area contributed by atoms with Gasteiger partial charge in [-0.25, -0.2) is 0 Å². The van der Waals surface area contributed by atoms with Crippen molar-refractivity contribution in [2.45, 2.75) is 18.9 Å². The second kappa shape index (κ2) is 8.08. The molecule has 4 N–H and O–H groups in total. The molecule has 110 valence electrons. The number of nitrogens with two attached hydrogens (primary N) is 1. The summed E-state index contributed by atoms with van der Waals surface area (Å²) in [7, 11) is 2.10. The minimum atomic E-state index is -0.930. The summed E-state index contributed by atoms with van der Waals surface area (Å²) in [5.74, 6) is -1.20. The zero-order valence-corrected chi connectivity index (χ0v) is 11.5. The Morgan fingerprint density at radius 3 is 2.53 bits per heavy atom. The van der Waals surface area contributed by atoms with E-state index in [2.05, 4.69) is 22.2 Å². The SMILES string of the molecule is CN1CCN(CCNC(=O)C(N)CCC(=O)O)CC1. The molecular formula is C12H24N4O3. The van der Waals surface area contributed by atoms with Crippen LogP contribution in [-0.2, 0) is 9.59 Å². The molecule has 0 aromatic heterocycles. The maximum absolute atomic E-state index is 11.6. The summed E-state index contributed by atoms with van der Waals surface area (Å²) < 4.78 is 0. The Balaban J connectivity index is 2.11. The van der Waals surface area contributed by atoms with E-state index in [1.165, 1.54) is 0 Å². The van der Waals surface area contributed by atoms with E-state index in [9.17, 15) is 9.59 Å². The number of carboxylic acid groups (broad SMARTS) is 1. The number of aliphatic carboxylic acids is 1. The van der Waals surface area contributed by atoms with Crippen LogP contribution in [0.5, 0.6) is 0 Å². The number of carbonyl (C=O) groups is 2.